The third-order valence-electron chi connectivity index (χ3n) is 4.76. The molecule has 0 aliphatic carbocycles. The van der Waals surface area contributed by atoms with Gasteiger partial charge in [0.25, 0.3) is 5.91 Å². The third-order valence-corrected chi connectivity index (χ3v) is 5.57. The van der Waals surface area contributed by atoms with E-state index < -0.39 is 17.8 Å². The van der Waals surface area contributed by atoms with Crippen molar-refractivity contribution in [2.75, 3.05) is 11.9 Å². The maximum absolute atomic E-state index is 14.5. The smallest absolute Gasteiger partial charge is 0.259 e. The molecule has 3 aromatic carbocycles. The fraction of sp³-hybridized carbons (Fsp3) is 0.0909. The lowest BCUT2D eigenvalue weighted by Crippen LogP contribution is -2.39. The van der Waals surface area contributed by atoms with E-state index in [1.165, 1.54) is 23.1 Å². The van der Waals surface area contributed by atoms with E-state index in [-0.39, 0.29) is 23.0 Å². The van der Waals surface area contributed by atoms with Gasteiger partial charge in [0, 0.05) is 15.7 Å². The standard InChI is InChI=1S/C22H15BrClFN2O2/c23-14-9-10-18-15(11-14)21(13-5-2-1-3-6-13)27(12-19(28)26-18)22(29)20-16(24)7-4-8-17(20)25/h1-11,21H,12H2,(H,26,28)/t21-/m1/s1. The van der Waals surface area contributed by atoms with Crippen molar-refractivity contribution in [3.8, 4) is 0 Å². The molecule has 0 unspecified atom stereocenters. The molecule has 1 aliphatic rings. The lowest BCUT2D eigenvalue weighted by molar-refractivity contribution is -0.117. The number of hydrogen-bond acceptors (Lipinski definition) is 2. The molecule has 0 fully saturated rings. The summed E-state index contributed by atoms with van der Waals surface area (Å²) in [6.07, 6.45) is 0. The summed E-state index contributed by atoms with van der Waals surface area (Å²) in [5, 5.41) is 2.84. The van der Waals surface area contributed by atoms with E-state index in [0.717, 1.165) is 15.6 Å². The number of carbonyl (C=O) groups excluding carboxylic acids is 2. The first-order valence-corrected chi connectivity index (χ1v) is 10.0. The molecule has 2 amide bonds. The van der Waals surface area contributed by atoms with Crippen molar-refractivity contribution in [2.24, 2.45) is 0 Å². The fourth-order valence-corrected chi connectivity index (χ4v) is 4.13. The zero-order chi connectivity index (χ0) is 20.5. The Kier molecular flexibility index (Phi) is 5.39. The van der Waals surface area contributed by atoms with Gasteiger partial charge >= 0.3 is 0 Å². The quantitative estimate of drug-likeness (QED) is 0.540. The van der Waals surface area contributed by atoms with Gasteiger partial charge in [0.1, 0.15) is 12.4 Å². The van der Waals surface area contributed by atoms with Gasteiger partial charge in [-0.3, -0.25) is 9.59 Å². The van der Waals surface area contributed by atoms with Crippen LogP contribution in [0.2, 0.25) is 5.02 Å². The maximum atomic E-state index is 14.5. The SMILES string of the molecule is O=C1CN(C(=O)c2c(F)cccc2Cl)[C@H](c2ccccc2)c2cc(Br)ccc2N1. The summed E-state index contributed by atoms with van der Waals surface area (Å²) in [4.78, 5) is 27.4. The molecule has 1 heterocycles. The van der Waals surface area contributed by atoms with Crippen molar-refractivity contribution in [2.45, 2.75) is 6.04 Å². The highest BCUT2D eigenvalue weighted by atomic mass is 79.9. The molecule has 3 aromatic rings. The van der Waals surface area contributed by atoms with Crippen LogP contribution >= 0.6 is 27.5 Å². The average molecular weight is 474 g/mol. The molecular weight excluding hydrogens is 459 g/mol. The third kappa shape index (κ3) is 3.78. The lowest BCUT2D eigenvalue weighted by Gasteiger charge is -2.31. The molecule has 4 rings (SSSR count). The van der Waals surface area contributed by atoms with Crippen LogP contribution < -0.4 is 5.32 Å². The summed E-state index contributed by atoms with van der Waals surface area (Å²) in [5.74, 6) is -1.74. The minimum Gasteiger partial charge on any atom is -0.324 e. The number of rotatable bonds is 2. The Morgan fingerprint density at radius 1 is 1.10 bits per heavy atom. The molecular formula is C22H15BrClFN2O2. The van der Waals surface area contributed by atoms with E-state index in [1.807, 2.05) is 42.5 Å². The first-order valence-electron chi connectivity index (χ1n) is 8.85. The monoisotopic (exact) mass is 472 g/mol. The van der Waals surface area contributed by atoms with Gasteiger partial charge in [0.05, 0.1) is 16.6 Å². The van der Waals surface area contributed by atoms with Crippen LogP contribution in [0.15, 0.2) is 71.2 Å². The molecule has 0 saturated carbocycles. The van der Waals surface area contributed by atoms with Gasteiger partial charge in [-0.1, -0.05) is 63.9 Å². The van der Waals surface area contributed by atoms with E-state index in [1.54, 1.807) is 6.07 Å². The lowest BCUT2D eigenvalue weighted by atomic mass is 9.95. The van der Waals surface area contributed by atoms with Crippen LogP contribution in [0, 0.1) is 5.82 Å². The first-order chi connectivity index (χ1) is 14.0. The van der Waals surface area contributed by atoms with Gasteiger partial charge in [0.2, 0.25) is 5.91 Å². The van der Waals surface area contributed by atoms with Crippen LogP contribution in [-0.4, -0.2) is 23.3 Å². The Bertz CT molecular complexity index is 1090. The molecule has 0 saturated heterocycles. The molecule has 29 heavy (non-hydrogen) atoms. The van der Waals surface area contributed by atoms with E-state index in [9.17, 15) is 14.0 Å². The highest BCUT2D eigenvalue weighted by Gasteiger charge is 2.35. The number of anilines is 1. The summed E-state index contributed by atoms with van der Waals surface area (Å²) >= 11 is 9.60. The predicted octanol–water partition coefficient (Wildman–Crippen LogP) is 5.43. The molecule has 0 radical (unpaired) electrons. The van der Waals surface area contributed by atoms with Crippen molar-refractivity contribution in [3.63, 3.8) is 0 Å². The minimum absolute atomic E-state index is 0.000863. The summed E-state index contributed by atoms with van der Waals surface area (Å²) in [7, 11) is 0. The molecule has 7 heteroatoms. The Hall–Kier alpha value is -2.70. The Morgan fingerprint density at radius 2 is 1.86 bits per heavy atom. The Balaban J connectivity index is 1.93. The highest BCUT2D eigenvalue weighted by Crippen LogP contribution is 2.38. The molecule has 0 aromatic heterocycles. The number of benzene rings is 3. The predicted molar refractivity (Wildman–Crippen MR) is 114 cm³/mol. The minimum atomic E-state index is -0.728. The number of fused-ring (bicyclic) bond motifs is 1. The summed E-state index contributed by atoms with van der Waals surface area (Å²) in [6.45, 7) is -0.241. The molecule has 1 aliphatic heterocycles. The average Bonchev–Trinajstić information content (AvgIpc) is 2.84. The molecule has 4 nitrogen and oxygen atoms in total. The number of nitrogens with zero attached hydrogens (tertiary/aromatic N) is 1. The zero-order valence-corrected chi connectivity index (χ0v) is 17.4. The number of hydrogen-bond donors (Lipinski definition) is 1. The number of nitrogens with one attached hydrogen (secondary N) is 1. The topological polar surface area (TPSA) is 49.4 Å². The van der Waals surface area contributed by atoms with Gasteiger partial charge in [0.15, 0.2) is 0 Å². The van der Waals surface area contributed by atoms with Gasteiger partial charge in [-0.15, -0.1) is 0 Å². The second-order valence-electron chi connectivity index (χ2n) is 6.62. The van der Waals surface area contributed by atoms with Crippen LogP contribution in [0.25, 0.3) is 0 Å². The van der Waals surface area contributed by atoms with Crippen LogP contribution in [0.4, 0.5) is 10.1 Å². The summed E-state index contributed by atoms with van der Waals surface area (Å²) in [5.41, 5.74) is 1.87. The highest BCUT2D eigenvalue weighted by molar-refractivity contribution is 9.10. The van der Waals surface area contributed by atoms with Crippen molar-refractivity contribution in [1.29, 1.82) is 0 Å². The Labute approximate surface area is 180 Å². The van der Waals surface area contributed by atoms with E-state index in [4.69, 9.17) is 11.6 Å². The van der Waals surface area contributed by atoms with Crippen molar-refractivity contribution < 1.29 is 14.0 Å². The van der Waals surface area contributed by atoms with Crippen molar-refractivity contribution in [3.05, 3.63) is 98.7 Å². The van der Waals surface area contributed by atoms with Crippen LogP contribution in [0.1, 0.15) is 27.5 Å². The second kappa shape index (κ2) is 7.97. The fourth-order valence-electron chi connectivity index (χ4n) is 3.51. The summed E-state index contributed by atoms with van der Waals surface area (Å²) < 4.78 is 15.3. The van der Waals surface area contributed by atoms with Crippen molar-refractivity contribution in [1.82, 2.24) is 4.90 Å². The number of carbonyl (C=O) groups is 2. The number of amides is 2. The largest absolute Gasteiger partial charge is 0.324 e. The van der Waals surface area contributed by atoms with Crippen LogP contribution in [0.3, 0.4) is 0 Å². The van der Waals surface area contributed by atoms with Crippen LogP contribution in [-0.2, 0) is 4.79 Å². The zero-order valence-electron chi connectivity index (χ0n) is 15.0. The van der Waals surface area contributed by atoms with Gasteiger partial charge in [-0.2, -0.15) is 0 Å². The molecule has 0 bridgehead atoms. The molecule has 1 N–H and O–H groups in total. The Morgan fingerprint density at radius 3 is 2.59 bits per heavy atom. The van der Waals surface area contributed by atoms with E-state index in [0.29, 0.717) is 5.69 Å². The van der Waals surface area contributed by atoms with Gasteiger partial charge in [-0.25, -0.2) is 4.39 Å². The van der Waals surface area contributed by atoms with Crippen LogP contribution in [0.5, 0.6) is 0 Å². The maximum Gasteiger partial charge on any atom is 0.259 e. The normalized spacial score (nSPS) is 16.0. The van der Waals surface area contributed by atoms with E-state index >= 15 is 0 Å². The first kappa shape index (κ1) is 19.6. The van der Waals surface area contributed by atoms with E-state index in [2.05, 4.69) is 21.2 Å². The van der Waals surface area contributed by atoms with Crippen molar-refractivity contribution >= 4 is 45.0 Å². The molecule has 0 spiro atoms. The molecule has 1 atom stereocenters. The molecule has 146 valence electrons. The summed E-state index contributed by atoms with van der Waals surface area (Å²) in [6, 6.07) is 18.2. The van der Waals surface area contributed by atoms with Gasteiger partial charge in [-0.05, 0) is 35.9 Å². The number of halogens is 3. The second-order valence-corrected chi connectivity index (χ2v) is 7.95. The van der Waals surface area contributed by atoms with Gasteiger partial charge < -0.3 is 10.2 Å².